The van der Waals surface area contributed by atoms with Gasteiger partial charge in [-0.15, -0.1) is 0 Å². The number of carbonyl (C=O) groups is 1. The summed E-state index contributed by atoms with van der Waals surface area (Å²) < 4.78 is 0. The fourth-order valence-corrected chi connectivity index (χ4v) is 3.48. The van der Waals surface area contributed by atoms with Crippen molar-refractivity contribution in [2.24, 2.45) is 0 Å². The van der Waals surface area contributed by atoms with Gasteiger partial charge in [-0.1, -0.05) is 48.5 Å². The van der Waals surface area contributed by atoms with Gasteiger partial charge in [0.1, 0.15) is 0 Å². The molecular formula is C21H26N2O. The number of anilines is 1. The van der Waals surface area contributed by atoms with Crippen molar-refractivity contribution < 1.29 is 4.79 Å². The highest BCUT2D eigenvalue weighted by molar-refractivity contribution is 5.94. The van der Waals surface area contributed by atoms with Crippen molar-refractivity contribution in [1.82, 2.24) is 4.90 Å². The quantitative estimate of drug-likeness (QED) is 0.809. The van der Waals surface area contributed by atoms with E-state index < -0.39 is 0 Å². The lowest BCUT2D eigenvalue weighted by atomic mass is 10.0. The highest BCUT2D eigenvalue weighted by Crippen LogP contribution is 2.22. The van der Waals surface area contributed by atoms with E-state index in [4.69, 9.17) is 0 Å². The average Bonchev–Trinajstić information content (AvgIpc) is 3.08. The number of likely N-dealkylation sites (N-methyl/N-ethyl adjacent to an activating group) is 1. The normalized spacial score (nSPS) is 17.8. The van der Waals surface area contributed by atoms with E-state index in [1.165, 1.54) is 18.4 Å². The van der Waals surface area contributed by atoms with Gasteiger partial charge in [0, 0.05) is 18.8 Å². The molecule has 0 radical (unpaired) electrons. The summed E-state index contributed by atoms with van der Waals surface area (Å²) >= 11 is 0. The number of carbonyl (C=O) groups excluding carboxylic acids is 1. The zero-order valence-corrected chi connectivity index (χ0v) is 14.4. The Morgan fingerprint density at radius 2 is 1.75 bits per heavy atom. The van der Waals surface area contributed by atoms with Gasteiger partial charge in [0.15, 0.2) is 0 Å². The van der Waals surface area contributed by atoms with E-state index >= 15 is 0 Å². The molecule has 126 valence electrons. The topological polar surface area (TPSA) is 23.6 Å². The summed E-state index contributed by atoms with van der Waals surface area (Å²) in [4.78, 5) is 16.7. The first-order valence-electron chi connectivity index (χ1n) is 8.83. The molecule has 3 heteroatoms. The summed E-state index contributed by atoms with van der Waals surface area (Å²) in [5.74, 6) is 0.174. The van der Waals surface area contributed by atoms with Crippen LogP contribution in [0.3, 0.4) is 0 Å². The van der Waals surface area contributed by atoms with Crippen LogP contribution in [0.2, 0.25) is 0 Å². The lowest BCUT2D eigenvalue weighted by molar-refractivity contribution is -0.119. The maximum absolute atomic E-state index is 12.6. The number of hydrogen-bond donors (Lipinski definition) is 0. The van der Waals surface area contributed by atoms with Gasteiger partial charge in [-0.2, -0.15) is 0 Å². The van der Waals surface area contributed by atoms with Crippen LogP contribution < -0.4 is 4.90 Å². The monoisotopic (exact) mass is 322 g/mol. The molecule has 0 bridgehead atoms. The fourth-order valence-electron chi connectivity index (χ4n) is 3.48. The molecule has 24 heavy (non-hydrogen) atoms. The van der Waals surface area contributed by atoms with Gasteiger partial charge >= 0.3 is 0 Å². The first kappa shape index (κ1) is 16.7. The van der Waals surface area contributed by atoms with Crippen molar-refractivity contribution in [2.45, 2.75) is 31.7 Å². The number of likely N-dealkylation sites (tertiary alicyclic amines) is 1. The Hall–Kier alpha value is -2.13. The fraction of sp³-hybridized carbons (Fsp3) is 0.381. The van der Waals surface area contributed by atoms with Gasteiger partial charge in [0.25, 0.3) is 0 Å². The van der Waals surface area contributed by atoms with Gasteiger partial charge in [-0.3, -0.25) is 9.69 Å². The van der Waals surface area contributed by atoms with Crippen molar-refractivity contribution in [3.05, 3.63) is 66.2 Å². The van der Waals surface area contributed by atoms with Gasteiger partial charge < -0.3 is 4.90 Å². The predicted molar refractivity (Wildman–Crippen MR) is 99.2 cm³/mol. The van der Waals surface area contributed by atoms with Crippen LogP contribution in [0.5, 0.6) is 0 Å². The largest absolute Gasteiger partial charge is 0.314 e. The van der Waals surface area contributed by atoms with Crippen LogP contribution in [0.4, 0.5) is 5.69 Å². The molecule has 1 aliphatic rings. The van der Waals surface area contributed by atoms with Gasteiger partial charge in [-0.25, -0.2) is 0 Å². The van der Waals surface area contributed by atoms with Crippen molar-refractivity contribution in [3.8, 4) is 0 Å². The molecule has 2 aromatic rings. The third-order valence-corrected chi connectivity index (χ3v) is 4.96. The van der Waals surface area contributed by atoms with Gasteiger partial charge in [0.2, 0.25) is 5.91 Å². The Balaban J connectivity index is 1.54. The van der Waals surface area contributed by atoms with Crippen LogP contribution in [0.15, 0.2) is 60.7 Å². The molecule has 1 atom stereocenters. The third kappa shape index (κ3) is 4.24. The Morgan fingerprint density at radius 3 is 2.46 bits per heavy atom. The molecule has 0 aromatic heterocycles. The summed E-state index contributed by atoms with van der Waals surface area (Å²) in [6.07, 6.45) is 4.62. The first-order chi connectivity index (χ1) is 11.7. The average molecular weight is 322 g/mol. The molecule has 1 fully saturated rings. The molecular weight excluding hydrogens is 296 g/mol. The van der Waals surface area contributed by atoms with E-state index in [9.17, 15) is 4.79 Å². The minimum Gasteiger partial charge on any atom is -0.314 e. The number of aryl methyl sites for hydroxylation is 1. The number of rotatable bonds is 6. The Labute approximate surface area is 144 Å². The molecule has 1 unspecified atom stereocenters. The third-order valence-electron chi connectivity index (χ3n) is 4.96. The minimum atomic E-state index is 0.174. The maximum atomic E-state index is 12.6. The molecule has 1 aliphatic heterocycles. The number of hydrogen-bond acceptors (Lipinski definition) is 2. The van der Waals surface area contributed by atoms with Crippen LogP contribution in [-0.2, 0) is 11.2 Å². The lowest BCUT2D eigenvalue weighted by Crippen LogP contribution is -2.40. The van der Waals surface area contributed by atoms with Crippen LogP contribution in [-0.4, -0.2) is 37.0 Å². The highest BCUT2D eigenvalue weighted by atomic mass is 16.2. The number of amides is 1. The zero-order valence-electron chi connectivity index (χ0n) is 14.4. The van der Waals surface area contributed by atoms with Gasteiger partial charge in [0.05, 0.1) is 6.54 Å². The summed E-state index contributed by atoms with van der Waals surface area (Å²) in [5, 5.41) is 0. The van der Waals surface area contributed by atoms with E-state index in [1.54, 1.807) is 4.90 Å². The second-order valence-corrected chi connectivity index (χ2v) is 6.58. The van der Waals surface area contributed by atoms with Crippen LogP contribution >= 0.6 is 0 Å². The smallest absolute Gasteiger partial charge is 0.240 e. The molecule has 1 amide bonds. The van der Waals surface area contributed by atoms with Crippen LogP contribution in [0.25, 0.3) is 0 Å². The zero-order chi connectivity index (χ0) is 16.8. The standard InChI is InChI=1S/C21H26N2O/c1-22(19-11-6-3-7-12-19)21(24)17-23-16-8-13-20(23)15-14-18-9-4-2-5-10-18/h2-7,9-12,20H,8,13-17H2,1H3. The molecule has 0 N–H and O–H groups in total. The second kappa shape index (κ2) is 8.11. The molecule has 3 rings (SSSR count). The Morgan fingerprint density at radius 1 is 1.08 bits per heavy atom. The molecule has 0 saturated carbocycles. The first-order valence-corrected chi connectivity index (χ1v) is 8.83. The lowest BCUT2D eigenvalue weighted by Gasteiger charge is -2.26. The number of para-hydroxylation sites is 1. The van der Waals surface area contributed by atoms with E-state index in [2.05, 4.69) is 35.2 Å². The summed E-state index contributed by atoms with van der Waals surface area (Å²) in [6, 6.07) is 21.0. The van der Waals surface area contributed by atoms with E-state index in [0.29, 0.717) is 12.6 Å². The molecule has 0 aliphatic carbocycles. The van der Waals surface area contributed by atoms with E-state index in [-0.39, 0.29) is 5.91 Å². The number of benzene rings is 2. The summed E-state index contributed by atoms with van der Waals surface area (Å²) in [7, 11) is 1.87. The van der Waals surface area contributed by atoms with Crippen molar-refractivity contribution >= 4 is 11.6 Å². The van der Waals surface area contributed by atoms with Crippen molar-refractivity contribution in [1.29, 1.82) is 0 Å². The Bertz CT molecular complexity index is 641. The highest BCUT2D eigenvalue weighted by Gasteiger charge is 2.27. The minimum absolute atomic E-state index is 0.174. The molecule has 3 nitrogen and oxygen atoms in total. The summed E-state index contributed by atoms with van der Waals surface area (Å²) in [6.45, 7) is 1.55. The van der Waals surface area contributed by atoms with Crippen LogP contribution in [0, 0.1) is 0 Å². The second-order valence-electron chi connectivity index (χ2n) is 6.58. The Kier molecular flexibility index (Phi) is 5.65. The number of nitrogens with zero attached hydrogens (tertiary/aromatic N) is 2. The van der Waals surface area contributed by atoms with Gasteiger partial charge in [-0.05, 0) is 49.9 Å². The molecule has 1 saturated heterocycles. The maximum Gasteiger partial charge on any atom is 0.240 e. The predicted octanol–water partition coefficient (Wildman–Crippen LogP) is 3.75. The summed E-state index contributed by atoms with van der Waals surface area (Å²) in [5.41, 5.74) is 2.35. The van der Waals surface area contributed by atoms with E-state index in [0.717, 1.165) is 25.1 Å². The molecule has 2 aromatic carbocycles. The van der Waals surface area contributed by atoms with Crippen LogP contribution in [0.1, 0.15) is 24.8 Å². The van der Waals surface area contributed by atoms with Crippen molar-refractivity contribution in [3.63, 3.8) is 0 Å². The van der Waals surface area contributed by atoms with E-state index in [1.807, 2.05) is 37.4 Å². The molecule has 0 spiro atoms. The molecule has 1 heterocycles. The van der Waals surface area contributed by atoms with Crippen molar-refractivity contribution in [2.75, 3.05) is 25.0 Å². The SMILES string of the molecule is CN(C(=O)CN1CCCC1CCc1ccccc1)c1ccccc1.